The predicted molar refractivity (Wildman–Crippen MR) is 193 cm³/mol. The number of hydroxylamine groups is 2. The van der Waals surface area contributed by atoms with Crippen molar-refractivity contribution in [2.45, 2.75) is 223 Å². The van der Waals surface area contributed by atoms with Gasteiger partial charge in [0, 0.05) is 30.2 Å². The maximum atomic E-state index is 13.5. The second kappa shape index (κ2) is 16.8. The standard InChI is InChI=1S/C39H68N6O3/c1-5-6-7-8-9-12-15-18-30-25-34-22-23-35-36(29(4)40-38(41-30)44(34)35)37(46)48-28(3)17-14-11-10-13-16-19-31-26-33-21-20-32-24-27(2)45(47)39(42-31)43(32)33/h27-36,47H,5-26H2,1-4H3,(H,40,41). The fourth-order valence-electron chi connectivity index (χ4n) is 10.1. The van der Waals surface area contributed by atoms with Gasteiger partial charge in [-0.3, -0.25) is 10.0 Å². The molecule has 2 N–H and O–H groups in total. The van der Waals surface area contributed by atoms with Crippen LogP contribution in [0.4, 0.5) is 0 Å². The third-order valence-corrected chi connectivity index (χ3v) is 12.8. The van der Waals surface area contributed by atoms with Gasteiger partial charge in [0.25, 0.3) is 0 Å². The van der Waals surface area contributed by atoms with Crippen molar-refractivity contribution >= 4 is 17.9 Å². The Hall–Kier alpha value is -2.03. The number of hydrogen-bond donors (Lipinski definition) is 2. The lowest BCUT2D eigenvalue weighted by molar-refractivity contribution is -0.156. The molecule has 0 aromatic rings. The molecule has 4 fully saturated rings. The Balaban J connectivity index is 0.866. The van der Waals surface area contributed by atoms with Crippen LogP contribution in [-0.4, -0.2) is 92.4 Å². The number of esters is 1. The van der Waals surface area contributed by atoms with Crippen LogP contribution in [0.1, 0.15) is 169 Å². The molecule has 9 heteroatoms. The zero-order valence-electron chi connectivity index (χ0n) is 30.8. The zero-order valence-corrected chi connectivity index (χ0v) is 30.8. The molecule has 0 bridgehead atoms. The van der Waals surface area contributed by atoms with Gasteiger partial charge >= 0.3 is 5.97 Å². The molecule has 0 radical (unpaired) electrons. The minimum atomic E-state index is -0.164. The van der Waals surface area contributed by atoms with Crippen LogP contribution in [0.2, 0.25) is 0 Å². The van der Waals surface area contributed by atoms with Gasteiger partial charge in [0.2, 0.25) is 5.96 Å². The first-order valence-corrected chi connectivity index (χ1v) is 20.5. The van der Waals surface area contributed by atoms with Gasteiger partial charge in [-0.15, -0.1) is 0 Å². The molecule has 4 saturated heterocycles. The van der Waals surface area contributed by atoms with Gasteiger partial charge in [-0.25, -0.2) is 15.0 Å². The Labute approximate surface area is 291 Å². The number of carbonyl (C=O) groups is 1. The van der Waals surface area contributed by atoms with Crippen molar-refractivity contribution in [3.63, 3.8) is 0 Å². The molecule has 0 saturated carbocycles. The van der Waals surface area contributed by atoms with Crippen molar-refractivity contribution in [2.75, 3.05) is 0 Å². The fourth-order valence-corrected chi connectivity index (χ4v) is 10.1. The normalized spacial score (nSPS) is 34.3. The fraction of sp³-hybridized carbons (Fsp3) is 0.923. The Kier molecular flexibility index (Phi) is 12.5. The Morgan fingerprint density at radius 3 is 2.25 bits per heavy atom. The summed E-state index contributed by atoms with van der Waals surface area (Å²) in [6, 6.07) is 2.85. The molecule has 10 atom stereocenters. The molecule has 6 aliphatic heterocycles. The van der Waals surface area contributed by atoms with E-state index in [0.29, 0.717) is 30.2 Å². The summed E-state index contributed by atoms with van der Waals surface area (Å²) in [7, 11) is 0. The Morgan fingerprint density at radius 1 is 0.833 bits per heavy atom. The van der Waals surface area contributed by atoms with Crippen LogP contribution in [-0.2, 0) is 9.53 Å². The number of hydrogen-bond acceptors (Lipinski definition) is 9. The maximum Gasteiger partial charge on any atom is 0.313 e. The number of guanidine groups is 2. The number of aliphatic imine (C=N–C) groups is 2. The number of ether oxygens (including phenoxy) is 1. The molecule has 0 aromatic carbocycles. The highest BCUT2D eigenvalue weighted by atomic mass is 16.5. The highest BCUT2D eigenvalue weighted by molar-refractivity contribution is 5.86. The summed E-state index contributed by atoms with van der Waals surface area (Å²) in [6.07, 6.45) is 26.7. The maximum absolute atomic E-state index is 13.5. The van der Waals surface area contributed by atoms with Crippen molar-refractivity contribution in [2.24, 2.45) is 15.9 Å². The van der Waals surface area contributed by atoms with E-state index in [9.17, 15) is 10.0 Å². The number of carbonyl (C=O) groups excluding carboxylic acids is 1. The van der Waals surface area contributed by atoms with Crippen molar-refractivity contribution in [3.8, 4) is 0 Å². The minimum Gasteiger partial charge on any atom is -0.462 e. The predicted octanol–water partition coefficient (Wildman–Crippen LogP) is 7.80. The molecule has 6 aliphatic rings. The van der Waals surface area contributed by atoms with Crippen LogP contribution in [0.25, 0.3) is 0 Å². The molecule has 10 unspecified atom stereocenters. The van der Waals surface area contributed by atoms with E-state index in [1.54, 1.807) is 0 Å². The summed E-state index contributed by atoms with van der Waals surface area (Å²) in [5.74, 6) is 1.70. The summed E-state index contributed by atoms with van der Waals surface area (Å²) < 4.78 is 6.10. The highest BCUT2D eigenvalue weighted by Gasteiger charge is 2.51. The Bertz CT molecular complexity index is 1120. The number of nitrogens with one attached hydrogen (secondary N) is 1. The number of nitrogens with zero attached hydrogens (tertiary/aromatic N) is 5. The van der Waals surface area contributed by atoms with E-state index < -0.39 is 0 Å². The van der Waals surface area contributed by atoms with Crippen LogP contribution in [0.3, 0.4) is 0 Å². The van der Waals surface area contributed by atoms with E-state index in [1.807, 2.05) is 0 Å². The quantitative estimate of drug-likeness (QED) is 0.114. The molecule has 48 heavy (non-hydrogen) atoms. The molecule has 272 valence electrons. The summed E-state index contributed by atoms with van der Waals surface area (Å²) in [4.78, 5) is 28.5. The number of rotatable bonds is 18. The molecule has 9 nitrogen and oxygen atoms in total. The first kappa shape index (κ1) is 35.8. The summed E-state index contributed by atoms with van der Waals surface area (Å²) in [5, 5.41) is 15.9. The van der Waals surface area contributed by atoms with Gasteiger partial charge in [0.1, 0.15) is 0 Å². The topological polar surface area (TPSA) is 93.0 Å². The Morgan fingerprint density at radius 2 is 1.48 bits per heavy atom. The first-order chi connectivity index (χ1) is 23.3. The van der Waals surface area contributed by atoms with E-state index in [1.165, 1.54) is 101 Å². The zero-order chi connectivity index (χ0) is 33.6. The SMILES string of the molecule is CCCCCCCCCC1CC2CCC3C(C(=O)OC(C)CCCCCCCC4CC5CCC6CC(C)N(O)C(=N4)N56)C(C)N=C(N1)N23. The molecule has 0 aliphatic carbocycles. The van der Waals surface area contributed by atoms with Crippen LogP contribution in [0, 0.1) is 5.92 Å². The lowest BCUT2D eigenvalue weighted by Crippen LogP contribution is -2.63. The molecule has 0 spiro atoms. The van der Waals surface area contributed by atoms with Gasteiger partial charge in [-0.1, -0.05) is 77.6 Å². The molecule has 0 amide bonds. The van der Waals surface area contributed by atoms with E-state index >= 15 is 0 Å². The van der Waals surface area contributed by atoms with Crippen LogP contribution >= 0.6 is 0 Å². The summed E-state index contributed by atoms with van der Waals surface area (Å²) in [6.45, 7) is 8.58. The van der Waals surface area contributed by atoms with E-state index in [0.717, 1.165) is 56.9 Å². The molecule has 6 heterocycles. The third kappa shape index (κ3) is 8.29. The summed E-state index contributed by atoms with van der Waals surface area (Å²) >= 11 is 0. The first-order valence-electron chi connectivity index (χ1n) is 20.5. The highest BCUT2D eigenvalue weighted by Crippen LogP contribution is 2.41. The van der Waals surface area contributed by atoms with Crippen LogP contribution < -0.4 is 5.32 Å². The van der Waals surface area contributed by atoms with E-state index in [4.69, 9.17) is 14.7 Å². The van der Waals surface area contributed by atoms with Gasteiger partial charge < -0.3 is 19.9 Å². The number of unbranched alkanes of at least 4 members (excludes halogenated alkanes) is 10. The second-order valence-corrected chi connectivity index (χ2v) is 16.5. The molecular weight excluding hydrogens is 600 g/mol. The summed E-state index contributed by atoms with van der Waals surface area (Å²) in [5.41, 5.74) is 0. The average molecular weight is 669 g/mol. The molecule has 0 aromatic heterocycles. The monoisotopic (exact) mass is 669 g/mol. The second-order valence-electron chi connectivity index (χ2n) is 16.5. The van der Waals surface area contributed by atoms with Crippen LogP contribution in [0.5, 0.6) is 0 Å². The minimum absolute atomic E-state index is 0.0382. The van der Waals surface area contributed by atoms with Crippen molar-refractivity contribution < 1.29 is 14.7 Å². The lowest BCUT2D eigenvalue weighted by atomic mass is 9.89. The van der Waals surface area contributed by atoms with Crippen molar-refractivity contribution in [1.82, 2.24) is 20.2 Å². The van der Waals surface area contributed by atoms with E-state index in [-0.39, 0.29) is 36.1 Å². The third-order valence-electron chi connectivity index (χ3n) is 12.8. The smallest absolute Gasteiger partial charge is 0.313 e. The van der Waals surface area contributed by atoms with Gasteiger partial charge in [-0.2, -0.15) is 0 Å². The van der Waals surface area contributed by atoms with Crippen molar-refractivity contribution in [3.05, 3.63) is 0 Å². The van der Waals surface area contributed by atoms with Crippen molar-refractivity contribution in [1.29, 1.82) is 0 Å². The van der Waals surface area contributed by atoms with Gasteiger partial charge in [0.05, 0.1) is 30.1 Å². The van der Waals surface area contributed by atoms with E-state index in [2.05, 4.69) is 42.8 Å². The van der Waals surface area contributed by atoms with Gasteiger partial charge in [-0.05, 0) is 91.4 Å². The van der Waals surface area contributed by atoms with Crippen LogP contribution in [0.15, 0.2) is 9.98 Å². The average Bonchev–Trinajstić information content (AvgIpc) is 3.67. The largest absolute Gasteiger partial charge is 0.462 e. The molecular formula is C39H68N6O3. The van der Waals surface area contributed by atoms with Gasteiger partial charge in [0.15, 0.2) is 5.96 Å². The lowest BCUT2D eigenvalue weighted by Gasteiger charge is -2.47. The molecule has 6 rings (SSSR count).